The van der Waals surface area contributed by atoms with Crippen molar-refractivity contribution in [3.63, 3.8) is 0 Å². The van der Waals surface area contributed by atoms with Gasteiger partial charge in [0.2, 0.25) is 0 Å². The molecule has 0 saturated carbocycles. The average molecular weight is 273 g/mol. The van der Waals surface area contributed by atoms with Crippen LogP contribution in [0.4, 0.5) is 4.79 Å². The van der Waals surface area contributed by atoms with Crippen molar-refractivity contribution < 1.29 is 22.7 Å². The van der Waals surface area contributed by atoms with Crippen molar-refractivity contribution in [1.29, 1.82) is 0 Å². The molecule has 1 aromatic carbocycles. The van der Waals surface area contributed by atoms with Gasteiger partial charge in [-0.3, -0.25) is 0 Å². The molecule has 0 fully saturated rings. The molecule has 0 spiro atoms. The van der Waals surface area contributed by atoms with Crippen LogP contribution >= 0.6 is 0 Å². The second kappa shape index (κ2) is 5.72. The van der Waals surface area contributed by atoms with E-state index in [1.807, 2.05) is 0 Å². The molecule has 18 heavy (non-hydrogen) atoms. The molecule has 0 atom stereocenters. The van der Waals surface area contributed by atoms with Crippen molar-refractivity contribution in [2.45, 2.75) is 18.7 Å². The second-order valence-electron chi connectivity index (χ2n) is 3.46. The van der Waals surface area contributed by atoms with E-state index in [2.05, 4.69) is 4.74 Å². The minimum absolute atomic E-state index is 0.0574. The fraction of sp³-hybridized carbons (Fsp3) is 0.364. The summed E-state index contributed by atoms with van der Waals surface area (Å²) in [6.07, 6.45) is -1.00. The molecule has 0 unspecified atom stereocenters. The van der Waals surface area contributed by atoms with E-state index in [9.17, 15) is 13.2 Å². The lowest BCUT2D eigenvalue weighted by Crippen LogP contribution is -2.31. The number of nitrogens with one attached hydrogen (secondary N) is 1. The summed E-state index contributed by atoms with van der Waals surface area (Å²) >= 11 is 0. The number of amides is 1. The quantitative estimate of drug-likeness (QED) is 0.897. The van der Waals surface area contributed by atoms with Crippen molar-refractivity contribution >= 4 is 16.1 Å². The van der Waals surface area contributed by atoms with Gasteiger partial charge in [0.05, 0.1) is 18.6 Å². The topological polar surface area (TPSA) is 81.7 Å². The third-order valence-electron chi connectivity index (χ3n) is 2.18. The predicted octanol–water partition coefficient (Wildman–Crippen LogP) is 1.44. The third kappa shape index (κ3) is 3.36. The number of rotatable bonds is 4. The summed E-state index contributed by atoms with van der Waals surface area (Å²) in [5, 5.41) is 0. The summed E-state index contributed by atoms with van der Waals surface area (Å²) in [6, 6.07) is 4.33. The Labute approximate surface area is 106 Å². The lowest BCUT2D eigenvalue weighted by Gasteiger charge is -2.09. The van der Waals surface area contributed by atoms with Crippen LogP contribution in [0.15, 0.2) is 23.1 Å². The van der Waals surface area contributed by atoms with Gasteiger partial charge in [-0.25, -0.2) is 17.9 Å². The van der Waals surface area contributed by atoms with E-state index < -0.39 is 16.1 Å². The van der Waals surface area contributed by atoms with Crippen LogP contribution in [0.1, 0.15) is 12.5 Å². The lowest BCUT2D eigenvalue weighted by atomic mass is 10.2. The fourth-order valence-corrected chi connectivity index (χ4v) is 2.20. The number of ether oxygens (including phenoxy) is 2. The zero-order valence-corrected chi connectivity index (χ0v) is 11.2. The Morgan fingerprint density at radius 1 is 1.39 bits per heavy atom. The highest BCUT2D eigenvalue weighted by Crippen LogP contribution is 2.21. The molecule has 6 nitrogen and oxygen atoms in total. The summed E-state index contributed by atoms with van der Waals surface area (Å²) in [5.41, 5.74) is 0.799. The molecule has 1 amide bonds. The number of sulfonamides is 1. The van der Waals surface area contributed by atoms with Crippen LogP contribution in [0.3, 0.4) is 0 Å². The Bertz CT molecular complexity index is 538. The summed E-state index contributed by atoms with van der Waals surface area (Å²) in [7, 11) is -2.49. The smallest absolute Gasteiger partial charge is 0.421 e. The van der Waals surface area contributed by atoms with Gasteiger partial charge in [-0.2, -0.15) is 0 Å². The Kier molecular flexibility index (Phi) is 4.55. The van der Waals surface area contributed by atoms with E-state index >= 15 is 0 Å². The van der Waals surface area contributed by atoms with E-state index in [1.54, 1.807) is 24.6 Å². The number of aryl methyl sites for hydroxylation is 1. The highest BCUT2D eigenvalue weighted by atomic mass is 32.2. The molecule has 0 saturated heterocycles. The van der Waals surface area contributed by atoms with E-state index in [1.165, 1.54) is 19.2 Å². The maximum Gasteiger partial charge on any atom is 0.421 e. The molecule has 0 aliphatic heterocycles. The molecule has 7 heteroatoms. The van der Waals surface area contributed by atoms with E-state index in [-0.39, 0.29) is 11.5 Å². The second-order valence-corrected chi connectivity index (χ2v) is 5.14. The van der Waals surface area contributed by atoms with Gasteiger partial charge in [-0.05, 0) is 25.5 Å². The van der Waals surface area contributed by atoms with E-state index in [0.717, 1.165) is 5.56 Å². The first kappa shape index (κ1) is 14.3. The van der Waals surface area contributed by atoms with Crippen LogP contribution in [-0.2, 0) is 14.8 Å². The summed E-state index contributed by atoms with van der Waals surface area (Å²) in [6.45, 7) is 3.47. The minimum Gasteiger partial charge on any atom is -0.496 e. The first-order chi connectivity index (χ1) is 8.40. The fourth-order valence-electron chi connectivity index (χ4n) is 1.30. The van der Waals surface area contributed by atoms with Crippen LogP contribution < -0.4 is 9.46 Å². The largest absolute Gasteiger partial charge is 0.496 e. The molecule has 1 N–H and O–H groups in total. The van der Waals surface area contributed by atoms with Crippen molar-refractivity contribution in [3.8, 4) is 5.75 Å². The number of hydrogen-bond acceptors (Lipinski definition) is 5. The van der Waals surface area contributed by atoms with Crippen LogP contribution in [0, 0.1) is 6.92 Å². The number of hydrogen-bond donors (Lipinski definition) is 1. The Hall–Kier alpha value is -1.76. The normalized spacial score (nSPS) is 10.8. The van der Waals surface area contributed by atoms with Gasteiger partial charge >= 0.3 is 6.09 Å². The summed E-state index contributed by atoms with van der Waals surface area (Å²) < 4.78 is 35.0. The van der Waals surface area contributed by atoms with Gasteiger partial charge in [0, 0.05) is 6.07 Å². The van der Waals surface area contributed by atoms with Gasteiger partial charge < -0.3 is 9.47 Å². The first-order valence-corrected chi connectivity index (χ1v) is 6.73. The van der Waals surface area contributed by atoms with Gasteiger partial charge in [0.25, 0.3) is 10.0 Å². The van der Waals surface area contributed by atoms with Gasteiger partial charge in [-0.1, -0.05) is 6.07 Å². The van der Waals surface area contributed by atoms with Gasteiger partial charge in [-0.15, -0.1) is 0 Å². The average Bonchev–Trinajstić information content (AvgIpc) is 2.28. The highest BCUT2D eigenvalue weighted by Gasteiger charge is 2.19. The highest BCUT2D eigenvalue weighted by molar-refractivity contribution is 7.90. The maximum absolute atomic E-state index is 11.8. The first-order valence-electron chi connectivity index (χ1n) is 5.25. The van der Waals surface area contributed by atoms with Crippen LogP contribution in [0.5, 0.6) is 5.75 Å². The van der Waals surface area contributed by atoms with Crippen LogP contribution in [-0.4, -0.2) is 28.2 Å². The molecule has 0 aliphatic rings. The zero-order chi connectivity index (χ0) is 13.8. The molecule has 0 heterocycles. The van der Waals surface area contributed by atoms with Crippen molar-refractivity contribution in [1.82, 2.24) is 4.72 Å². The monoisotopic (exact) mass is 273 g/mol. The third-order valence-corrected chi connectivity index (χ3v) is 3.49. The summed E-state index contributed by atoms with van der Waals surface area (Å²) in [4.78, 5) is 11.1. The van der Waals surface area contributed by atoms with Crippen molar-refractivity contribution in [2.75, 3.05) is 13.7 Å². The van der Waals surface area contributed by atoms with E-state index in [4.69, 9.17) is 4.74 Å². The molecule has 0 aliphatic carbocycles. The Balaban J connectivity index is 3.02. The SMILES string of the molecule is CCOC(=O)NS(=O)(=O)c1ccc(C)c(OC)c1. The number of carbonyl (C=O) groups is 1. The Morgan fingerprint density at radius 2 is 2.06 bits per heavy atom. The molecule has 0 radical (unpaired) electrons. The maximum atomic E-state index is 11.8. The van der Waals surface area contributed by atoms with Crippen LogP contribution in [0.2, 0.25) is 0 Å². The molecular weight excluding hydrogens is 258 g/mol. The number of benzene rings is 1. The van der Waals surface area contributed by atoms with Crippen molar-refractivity contribution in [3.05, 3.63) is 23.8 Å². The molecule has 0 aromatic heterocycles. The molecule has 0 bridgehead atoms. The molecular formula is C11H15NO5S. The Morgan fingerprint density at radius 3 is 2.61 bits per heavy atom. The number of methoxy groups -OCH3 is 1. The standard InChI is InChI=1S/C11H15NO5S/c1-4-17-11(13)12-18(14,15)9-6-5-8(2)10(7-9)16-3/h5-7H,4H2,1-3H3,(H,12,13). The molecule has 1 rings (SSSR count). The minimum atomic E-state index is -3.94. The van der Waals surface area contributed by atoms with Gasteiger partial charge in [0.15, 0.2) is 0 Å². The predicted molar refractivity (Wildman–Crippen MR) is 65.1 cm³/mol. The van der Waals surface area contributed by atoms with Crippen LogP contribution in [0.25, 0.3) is 0 Å². The summed E-state index contributed by atoms with van der Waals surface area (Å²) in [5.74, 6) is 0.432. The van der Waals surface area contributed by atoms with Gasteiger partial charge in [0.1, 0.15) is 5.75 Å². The molecule has 1 aromatic rings. The number of carbonyl (C=O) groups excluding carboxylic acids is 1. The lowest BCUT2D eigenvalue weighted by molar-refractivity contribution is 0.158. The molecule has 100 valence electrons. The van der Waals surface area contributed by atoms with Crippen molar-refractivity contribution in [2.24, 2.45) is 0 Å². The zero-order valence-electron chi connectivity index (χ0n) is 10.4. The van der Waals surface area contributed by atoms with E-state index in [0.29, 0.717) is 5.75 Å².